The highest BCUT2D eigenvalue weighted by molar-refractivity contribution is 6.09. The summed E-state index contributed by atoms with van der Waals surface area (Å²) in [6.45, 7) is 20.5. The third-order valence-corrected chi connectivity index (χ3v) is 7.69. The molecule has 0 aliphatic rings. The Morgan fingerprint density at radius 3 is 1.41 bits per heavy atom. The maximum atomic E-state index is 2.48. The molecule has 0 N–H and O–H groups in total. The van der Waals surface area contributed by atoms with Crippen LogP contribution < -0.4 is 4.57 Å². The number of aromatic nitrogens is 1. The fourth-order valence-corrected chi connectivity index (χ4v) is 5.76. The van der Waals surface area contributed by atoms with Gasteiger partial charge in [0, 0.05) is 29.8 Å². The summed E-state index contributed by atoms with van der Waals surface area (Å²) in [6.07, 6.45) is 0. The molecule has 5 aromatic rings. The predicted molar refractivity (Wildman–Crippen MR) is 160 cm³/mol. The zero-order valence-corrected chi connectivity index (χ0v) is 24.0. The summed E-state index contributed by atoms with van der Waals surface area (Å²) in [7, 11) is 0. The molecule has 37 heavy (non-hydrogen) atoms. The second-order valence-corrected chi connectivity index (χ2v) is 12.8. The molecule has 0 radical (unpaired) electrons. The molecule has 1 nitrogen and oxygen atoms in total. The number of hydrogen-bond acceptors (Lipinski definition) is 0. The van der Waals surface area contributed by atoms with E-state index in [-0.39, 0.29) is 10.8 Å². The Morgan fingerprint density at radius 2 is 0.973 bits per heavy atom. The van der Waals surface area contributed by atoms with Crippen LogP contribution in [0.5, 0.6) is 0 Å². The van der Waals surface area contributed by atoms with E-state index in [4.69, 9.17) is 0 Å². The lowest BCUT2D eigenvalue weighted by atomic mass is 9.82. The van der Waals surface area contributed by atoms with Crippen molar-refractivity contribution in [1.29, 1.82) is 0 Å². The van der Waals surface area contributed by atoms with Gasteiger partial charge in [-0.2, -0.15) is 4.57 Å². The molecule has 1 heterocycles. The first kappa shape index (κ1) is 25.2. The summed E-state index contributed by atoms with van der Waals surface area (Å²) in [6, 6.07) is 29.7. The molecule has 0 unspecified atom stereocenters. The fraction of sp³-hybridized carbons (Fsp3) is 0.306. The number of nitrogens with zero attached hydrogens (tertiary/aromatic N) is 1. The van der Waals surface area contributed by atoms with E-state index in [9.17, 15) is 0 Å². The van der Waals surface area contributed by atoms with Crippen molar-refractivity contribution >= 4 is 21.8 Å². The van der Waals surface area contributed by atoms with Crippen molar-refractivity contribution in [2.45, 2.75) is 73.1 Å². The predicted octanol–water partition coefficient (Wildman–Crippen LogP) is 9.46. The third-order valence-electron chi connectivity index (χ3n) is 7.69. The standard InChI is InChI=1S/C36H40N/c1-23-19-24(2)33(25(3)20-23)34-29-17-15-26(35(4,5)6)21-31(29)37(28-13-11-10-12-14-28)32-22-27(36(7,8)9)16-18-30(32)34/h10-22H,1-9H3/q+1. The number of hydrogen-bond donors (Lipinski definition) is 0. The lowest BCUT2D eigenvalue weighted by Crippen LogP contribution is -2.34. The highest BCUT2D eigenvalue weighted by atomic mass is 15.0. The first-order valence-corrected chi connectivity index (χ1v) is 13.5. The second-order valence-electron chi connectivity index (χ2n) is 12.8. The average Bonchev–Trinajstić information content (AvgIpc) is 2.81. The summed E-state index contributed by atoms with van der Waals surface area (Å²) in [5.41, 5.74) is 13.2. The van der Waals surface area contributed by atoms with Crippen LogP contribution >= 0.6 is 0 Å². The second kappa shape index (κ2) is 8.84. The van der Waals surface area contributed by atoms with Crippen LogP contribution in [-0.4, -0.2) is 0 Å². The first-order valence-electron chi connectivity index (χ1n) is 13.5. The van der Waals surface area contributed by atoms with Gasteiger partial charge in [0.1, 0.15) is 0 Å². The average molecular weight is 487 g/mol. The van der Waals surface area contributed by atoms with E-state index in [0.717, 1.165) is 0 Å². The van der Waals surface area contributed by atoms with Crippen LogP contribution in [0.4, 0.5) is 0 Å². The number of aryl methyl sites for hydroxylation is 3. The van der Waals surface area contributed by atoms with Crippen LogP contribution in [0, 0.1) is 20.8 Å². The number of fused-ring (bicyclic) bond motifs is 2. The zero-order chi connectivity index (χ0) is 26.7. The maximum absolute atomic E-state index is 2.48. The quantitative estimate of drug-likeness (QED) is 0.173. The Hall–Kier alpha value is -3.45. The smallest absolute Gasteiger partial charge is 0.153 e. The topological polar surface area (TPSA) is 3.88 Å². The molecule has 0 fully saturated rings. The van der Waals surface area contributed by atoms with Crippen molar-refractivity contribution in [2.24, 2.45) is 0 Å². The Kier molecular flexibility index (Phi) is 6.02. The largest absolute Gasteiger partial charge is 0.219 e. The van der Waals surface area contributed by atoms with Gasteiger partial charge in [-0.05, 0) is 71.6 Å². The van der Waals surface area contributed by atoms with E-state index in [1.54, 1.807) is 0 Å². The molecule has 0 atom stereocenters. The molecule has 0 spiro atoms. The van der Waals surface area contributed by atoms with Crippen LogP contribution in [0.1, 0.15) is 69.4 Å². The SMILES string of the molecule is Cc1cc(C)c(-c2c3ccc(C(C)(C)C)cc3[n+](-c3ccccc3)c3cc(C(C)(C)C)ccc23)c(C)c1. The zero-order valence-electron chi connectivity index (χ0n) is 24.0. The molecule has 188 valence electrons. The van der Waals surface area contributed by atoms with Gasteiger partial charge in [-0.1, -0.05) is 89.6 Å². The molecule has 1 aromatic heterocycles. The van der Waals surface area contributed by atoms with Gasteiger partial charge in [0.2, 0.25) is 16.7 Å². The third kappa shape index (κ3) is 4.46. The molecule has 0 aliphatic carbocycles. The van der Waals surface area contributed by atoms with Crippen molar-refractivity contribution in [3.8, 4) is 16.8 Å². The molecular formula is C36H40N+. The summed E-state index contributed by atoms with van der Waals surface area (Å²) in [5.74, 6) is 0. The number of benzene rings is 4. The number of para-hydroxylation sites is 1. The first-order chi connectivity index (χ1) is 17.4. The maximum Gasteiger partial charge on any atom is 0.219 e. The summed E-state index contributed by atoms with van der Waals surface area (Å²) < 4.78 is 2.48. The molecule has 0 amide bonds. The highest BCUT2D eigenvalue weighted by Crippen LogP contribution is 2.41. The van der Waals surface area contributed by atoms with Gasteiger partial charge in [-0.3, -0.25) is 0 Å². The van der Waals surface area contributed by atoms with Crippen molar-refractivity contribution in [2.75, 3.05) is 0 Å². The lowest BCUT2D eigenvalue weighted by Gasteiger charge is -2.22. The van der Waals surface area contributed by atoms with Crippen LogP contribution in [0.25, 0.3) is 38.6 Å². The van der Waals surface area contributed by atoms with Crippen molar-refractivity contribution in [3.63, 3.8) is 0 Å². The monoisotopic (exact) mass is 486 g/mol. The van der Waals surface area contributed by atoms with Gasteiger partial charge in [0.15, 0.2) is 0 Å². The van der Waals surface area contributed by atoms with Gasteiger partial charge in [-0.25, -0.2) is 0 Å². The van der Waals surface area contributed by atoms with E-state index in [1.165, 1.54) is 66.4 Å². The summed E-state index contributed by atoms with van der Waals surface area (Å²) in [4.78, 5) is 0. The Morgan fingerprint density at radius 1 is 0.514 bits per heavy atom. The minimum Gasteiger partial charge on any atom is -0.153 e. The normalized spacial score (nSPS) is 12.5. The Labute approximate surface area is 222 Å². The Balaban J connectivity index is 2.07. The molecule has 0 saturated heterocycles. The van der Waals surface area contributed by atoms with Gasteiger partial charge >= 0.3 is 0 Å². The molecule has 5 rings (SSSR count). The van der Waals surface area contributed by atoms with Crippen LogP contribution in [0.15, 0.2) is 78.9 Å². The lowest BCUT2D eigenvalue weighted by molar-refractivity contribution is -0.538. The molecule has 0 aliphatic heterocycles. The number of pyridine rings is 1. The molecule has 0 bridgehead atoms. The summed E-state index contributed by atoms with van der Waals surface area (Å²) >= 11 is 0. The van der Waals surface area contributed by atoms with E-state index in [0.29, 0.717) is 0 Å². The highest BCUT2D eigenvalue weighted by Gasteiger charge is 2.28. The molecular weight excluding hydrogens is 446 g/mol. The fourth-order valence-electron chi connectivity index (χ4n) is 5.76. The van der Waals surface area contributed by atoms with Crippen molar-refractivity contribution < 1.29 is 4.57 Å². The van der Waals surface area contributed by atoms with Crippen molar-refractivity contribution in [3.05, 3.63) is 107 Å². The Bertz CT molecular complexity index is 1540. The minimum atomic E-state index is 0.0563. The number of rotatable bonds is 2. The van der Waals surface area contributed by atoms with Gasteiger partial charge in [0.25, 0.3) is 0 Å². The van der Waals surface area contributed by atoms with Gasteiger partial charge in [-0.15, -0.1) is 0 Å². The van der Waals surface area contributed by atoms with Crippen LogP contribution in [0.3, 0.4) is 0 Å². The minimum absolute atomic E-state index is 0.0563. The van der Waals surface area contributed by atoms with Crippen LogP contribution in [-0.2, 0) is 10.8 Å². The molecule has 1 heteroatoms. The van der Waals surface area contributed by atoms with E-state index in [2.05, 4.69) is 146 Å². The van der Waals surface area contributed by atoms with E-state index >= 15 is 0 Å². The van der Waals surface area contributed by atoms with Crippen molar-refractivity contribution in [1.82, 2.24) is 0 Å². The summed E-state index contributed by atoms with van der Waals surface area (Å²) in [5, 5.41) is 2.59. The van der Waals surface area contributed by atoms with Crippen LogP contribution in [0.2, 0.25) is 0 Å². The van der Waals surface area contributed by atoms with Gasteiger partial charge in [0.05, 0.1) is 10.8 Å². The van der Waals surface area contributed by atoms with E-state index in [1.807, 2.05) is 0 Å². The molecule has 0 saturated carbocycles. The molecule has 4 aromatic carbocycles. The van der Waals surface area contributed by atoms with E-state index < -0.39 is 0 Å². The van der Waals surface area contributed by atoms with Gasteiger partial charge < -0.3 is 0 Å².